The van der Waals surface area contributed by atoms with E-state index in [4.69, 9.17) is 14.0 Å². The number of aromatic amines is 1. The van der Waals surface area contributed by atoms with Crippen LogP contribution in [0.15, 0.2) is 24.3 Å². The third-order valence-electron chi connectivity index (χ3n) is 10.9. The molecule has 2 bridgehead atoms. The minimum atomic E-state index is -3.67. The standard InChI is InChI=1S/C31H34N2O3.CH4O3S/c1-35-23-11-9-19-14-24-31(34)15-22-21-10-8-18-4-2-3-5-20(18)26(21)32-27(22)29-30(31,25(19)28(23)36-29)12-13-33(24)16-17-6-7-17;1-5(2,3)4/h8-11,17,24,29,32,34H,2-7,12-16H2,1H3;1H3,(H,2,3,4)/t24-,29-,30-,31+;/m0./s1. The Kier molecular flexibility index (Phi) is 5.55. The number of methoxy groups -OCH3 is 1. The fraction of sp³-hybridized carbons (Fsp3) is 0.562. The summed E-state index contributed by atoms with van der Waals surface area (Å²) in [6, 6.07) is 9.13. The number of hydrogen-bond donors (Lipinski definition) is 3. The van der Waals surface area contributed by atoms with E-state index < -0.39 is 21.1 Å². The Morgan fingerprint density at radius 1 is 1.12 bits per heavy atom. The molecule has 1 aromatic heterocycles. The fourth-order valence-corrected chi connectivity index (χ4v) is 9.08. The van der Waals surface area contributed by atoms with E-state index in [1.165, 1.54) is 76.5 Å². The molecule has 9 heteroatoms. The van der Waals surface area contributed by atoms with Crippen LogP contribution in [0, 0.1) is 5.92 Å². The van der Waals surface area contributed by atoms with Gasteiger partial charge in [0.05, 0.1) is 30.1 Å². The number of aliphatic hydroxyl groups is 1. The van der Waals surface area contributed by atoms with Crippen molar-refractivity contribution < 1.29 is 27.6 Å². The van der Waals surface area contributed by atoms with E-state index in [-0.39, 0.29) is 12.1 Å². The molecule has 1 spiro atoms. The lowest BCUT2D eigenvalue weighted by Crippen LogP contribution is -2.74. The zero-order valence-corrected chi connectivity index (χ0v) is 24.5. The highest BCUT2D eigenvalue weighted by molar-refractivity contribution is 7.85. The molecule has 1 saturated heterocycles. The van der Waals surface area contributed by atoms with Gasteiger partial charge in [0, 0.05) is 35.5 Å². The molecular formula is C32H38N2O6S. The number of benzene rings is 2. The molecule has 1 saturated carbocycles. The van der Waals surface area contributed by atoms with Gasteiger partial charge in [-0.3, -0.25) is 9.45 Å². The summed E-state index contributed by atoms with van der Waals surface area (Å²) in [7, 11) is -1.93. The van der Waals surface area contributed by atoms with E-state index in [0.29, 0.717) is 12.7 Å². The van der Waals surface area contributed by atoms with Crippen molar-refractivity contribution in [2.45, 2.75) is 80.9 Å². The Hall–Kier alpha value is -2.59. The first-order chi connectivity index (χ1) is 19.6. The first-order valence-electron chi connectivity index (χ1n) is 15.0. The van der Waals surface area contributed by atoms with Gasteiger partial charge in [0.25, 0.3) is 10.1 Å². The minimum absolute atomic E-state index is 0.125. The van der Waals surface area contributed by atoms with Gasteiger partial charge in [0.2, 0.25) is 0 Å². The molecule has 6 aliphatic rings. The molecule has 3 heterocycles. The van der Waals surface area contributed by atoms with Gasteiger partial charge >= 0.3 is 0 Å². The normalized spacial score (nSPS) is 30.9. The monoisotopic (exact) mass is 578 g/mol. The summed E-state index contributed by atoms with van der Waals surface area (Å²) in [4.78, 5) is 6.58. The van der Waals surface area contributed by atoms with Crippen LogP contribution in [0.1, 0.15) is 71.7 Å². The van der Waals surface area contributed by atoms with E-state index in [9.17, 15) is 13.5 Å². The summed E-state index contributed by atoms with van der Waals surface area (Å²) >= 11 is 0. The number of piperidine rings is 1. The van der Waals surface area contributed by atoms with Crippen molar-refractivity contribution in [3.8, 4) is 11.5 Å². The lowest BCUT2D eigenvalue weighted by atomic mass is 9.49. The molecule has 2 fully saturated rings. The molecule has 3 aromatic rings. The highest BCUT2D eigenvalue weighted by Gasteiger charge is 2.73. The number of nitrogens with one attached hydrogen (secondary N) is 1. The molecule has 41 heavy (non-hydrogen) atoms. The highest BCUT2D eigenvalue weighted by atomic mass is 32.2. The van der Waals surface area contributed by atoms with Crippen LogP contribution in [0.4, 0.5) is 0 Å². The number of hydrogen-bond acceptors (Lipinski definition) is 6. The maximum atomic E-state index is 13.1. The van der Waals surface area contributed by atoms with E-state index in [2.05, 4.69) is 34.1 Å². The summed E-state index contributed by atoms with van der Waals surface area (Å²) in [6.45, 7) is 2.16. The molecule has 8 nitrogen and oxygen atoms in total. The molecule has 3 N–H and O–H groups in total. The smallest absolute Gasteiger partial charge is 0.261 e. The van der Waals surface area contributed by atoms with Gasteiger partial charge in [-0.2, -0.15) is 8.42 Å². The van der Waals surface area contributed by atoms with Gasteiger partial charge in [-0.05, 0) is 92.1 Å². The predicted molar refractivity (Wildman–Crippen MR) is 156 cm³/mol. The molecule has 9 rings (SSSR count). The lowest BCUT2D eigenvalue weighted by molar-refractivity contribution is -0.173. The van der Waals surface area contributed by atoms with Gasteiger partial charge in [-0.1, -0.05) is 18.2 Å². The van der Waals surface area contributed by atoms with Crippen LogP contribution in [-0.2, 0) is 41.2 Å². The van der Waals surface area contributed by atoms with Crippen LogP contribution in [0.2, 0.25) is 0 Å². The number of fused-ring (bicyclic) bond motifs is 6. The van der Waals surface area contributed by atoms with Crippen molar-refractivity contribution in [3.63, 3.8) is 0 Å². The first kappa shape index (κ1) is 26.1. The number of H-pyrrole nitrogens is 1. The summed E-state index contributed by atoms with van der Waals surface area (Å²) in [5.74, 6) is 2.49. The second kappa shape index (κ2) is 8.72. The number of ether oxygens (including phenoxy) is 2. The summed E-state index contributed by atoms with van der Waals surface area (Å²) in [5, 5.41) is 14.4. The Labute approximate surface area is 240 Å². The molecule has 0 amide bonds. The van der Waals surface area contributed by atoms with Crippen LogP contribution in [0.25, 0.3) is 10.9 Å². The third kappa shape index (κ3) is 3.65. The number of nitrogens with zero attached hydrogens (tertiary/aromatic N) is 1. The SMILES string of the molecule is COc1ccc2c3c1O[C@H]1c4[nH]c5c6c(ccc5c4C[C@@]4(O)[C@H](C2)N(CC2CC2)CC[C@]314)CCCC6.CS(=O)(=O)O. The zero-order chi connectivity index (χ0) is 28.3. The molecule has 0 radical (unpaired) electrons. The van der Waals surface area contributed by atoms with E-state index >= 15 is 0 Å². The van der Waals surface area contributed by atoms with E-state index in [0.717, 1.165) is 49.8 Å². The average Bonchev–Trinajstić information content (AvgIpc) is 3.56. The molecule has 4 atom stereocenters. The average molecular weight is 579 g/mol. The fourth-order valence-electron chi connectivity index (χ4n) is 9.08. The van der Waals surface area contributed by atoms with Gasteiger partial charge in [-0.15, -0.1) is 0 Å². The van der Waals surface area contributed by atoms with Crippen LogP contribution < -0.4 is 9.47 Å². The van der Waals surface area contributed by atoms with Crippen molar-refractivity contribution in [1.29, 1.82) is 0 Å². The summed E-state index contributed by atoms with van der Waals surface area (Å²) in [5.41, 5.74) is 8.08. The maximum absolute atomic E-state index is 13.1. The minimum Gasteiger partial charge on any atom is -0.493 e. The number of aromatic nitrogens is 1. The maximum Gasteiger partial charge on any atom is 0.261 e. The number of rotatable bonds is 3. The molecule has 4 aliphatic carbocycles. The molecule has 0 unspecified atom stereocenters. The Morgan fingerprint density at radius 3 is 2.63 bits per heavy atom. The van der Waals surface area contributed by atoms with Crippen LogP contribution in [-0.4, -0.2) is 66.1 Å². The lowest BCUT2D eigenvalue weighted by Gasteiger charge is -2.62. The number of likely N-dealkylation sites (tertiary alicyclic amines) is 1. The molecule has 2 aromatic carbocycles. The van der Waals surface area contributed by atoms with Crippen molar-refractivity contribution in [2.24, 2.45) is 5.92 Å². The first-order valence-corrected chi connectivity index (χ1v) is 16.9. The van der Waals surface area contributed by atoms with E-state index in [1.54, 1.807) is 7.11 Å². The molecule has 218 valence electrons. The molecular weight excluding hydrogens is 540 g/mol. The second-order valence-electron chi connectivity index (χ2n) is 13.2. The Bertz CT molecular complexity index is 1690. The van der Waals surface area contributed by atoms with Gasteiger partial charge in [-0.25, -0.2) is 0 Å². The van der Waals surface area contributed by atoms with Crippen LogP contribution in [0.3, 0.4) is 0 Å². The topological polar surface area (TPSA) is 112 Å². The highest BCUT2D eigenvalue weighted by Crippen LogP contribution is 2.69. The Balaban J connectivity index is 0.000000475. The predicted octanol–water partition coefficient (Wildman–Crippen LogP) is 4.26. The number of aryl methyl sites for hydroxylation is 2. The largest absolute Gasteiger partial charge is 0.493 e. The second-order valence-corrected chi connectivity index (χ2v) is 14.7. The zero-order valence-electron chi connectivity index (χ0n) is 23.7. The van der Waals surface area contributed by atoms with Crippen LogP contribution in [0.5, 0.6) is 11.5 Å². The van der Waals surface area contributed by atoms with Crippen molar-refractivity contribution >= 4 is 21.0 Å². The van der Waals surface area contributed by atoms with E-state index in [1.807, 2.05) is 0 Å². The molecule has 2 aliphatic heterocycles. The third-order valence-corrected chi connectivity index (χ3v) is 10.9. The van der Waals surface area contributed by atoms with Gasteiger partial charge in [0.15, 0.2) is 17.6 Å². The summed E-state index contributed by atoms with van der Waals surface area (Å²) in [6.07, 6.45) is 10.6. The van der Waals surface area contributed by atoms with Crippen LogP contribution >= 0.6 is 0 Å². The quantitative estimate of drug-likeness (QED) is 0.398. The van der Waals surface area contributed by atoms with Gasteiger partial charge in [0.1, 0.15) is 0 Å². The van der Waals surface area contributed by atoms with Crippen molar-refractivity contribution in [3.05, 3.63) is 57.8 Å². The van der Waals surface area contributed by atoms with Gasteiger partial charge < -0.3 is 19.6 Å². The Morgan fingerprint density at radius 2 is 1.88 bits per heavy atom. The van der Waals surface area contributed by atoms with Crippen molar-refractivity contribution in [1.82, 2.24) is 9.88 Å². The van der Waals surface area contributed by atoms with Crippen molar-refractivity contribution in [2.75, 3.05) is 26.5 Å². The summed E-state index contributed by atoms with van der Waals surface area (Å²) < 4.78 is 38.6.